The molecular weight excluding hydrogens is 677 g/mol. The minimum atomic E-state index is -4.89. The van der Waals surface area contributed by atoms with E-state index in [1.807, 2.05) is 6.92 Å². The highest BCUT2D eigenvalue weighted by molar-refractivity contribution is 7.46. The summed E-state index contributed by atoms with van der Waals surface area (Å²) in [7, 11) is -4.89. The minimum Gasteiger partial charge on any atom is -0.451 e. The number of hydrogen-bond donors (Lipinski definition) is 3. The number of rotatable bonds is 10. The van der Waals surface area contributed by atoms with E-state index in [2.05, 4.69) is 15.0 Å². The molecule has 0 aliphatic carbocycles. The van der Waals surface area contributed by atoms with Crippen LogP contribution in [0.25, 0.3) is 0 Å². The topological polar surface area (TPSA) is 205 Å². The molecule has 0 saturated carbocycles. The SMILES string of the molecule is CC1=NO[C@@]2(CC[C@H](C)N3C[C@H]2n2cc(C(=O)NCc4ccc(F)cc4F)c(=O)c(OCOC(=O)O[C@@H](C)[C@H](C)OP(=O)(O)O)c2C3=O)C1. The molecule has 1 saturated heterocycles. The number of oxime groups is 1. The molecule has 3 aliphatic rings. The van der Waals surface area contributed by atoms with E-state index >= 15 is 0 Å². The molecule has 1 aromatic heterocycles. The molecule has 49 heavy (non-hydrogen) atoms. The van der Waals surface area contributed by atoms with Crippen LogP contribution in [0.4, 0.5) is 13.6 Å². The van der Waals surface area contributed by atoms with Crippen molar-refractivity contribution in [1.82, 2.24) is 14.8 Å². The number of nitrogens with zero attached hydrogens (tertiary/aromatic N) is 3. The standard InChI is InChI=1S/C30H35F2N4O12P/c1-15-10-30(48-34-15)8-7-16(2)35-13-23(30)36-12-21(27(38)33-11-19-5-6-20(31)9-22(19)32)25(37)26(24(36)28(35)39)44-14-45-29(40)46-17(3)18(4)47-49(41,42)43/h5-6,9,12,16-18,23H,7-8,10-11,13-14H2,1-4H3,(H,33,38)(H2,41,42,43)/t16-,17-,18-,23+,30-/m0/s1. The Morgan fingerprint density at radius 2 is 1.96 bits per heavy atom. The molecule has 1 fully saturated rings. The Balaban J connectivity index is 1.48. The normalized spacial score (nSPS) is 22.7. The average Bonchev–Trinajstić information content (AvgIpc) is 3.34. The summed E-state index contributed by atoms with van der Waals surface area (Å²) in [6.45, 7) is 4.93. The number of phosphoric ester groups is 1. The molecule has 5 atom stereocenters. The Bertz CT molecular complexity index is 1800. The number of benzene rings is 1. The van der Waals surface area contributed by atoms with Gasteiger partial charge in [-0.1, -0.05) is 11.2 Å². The predicted molar refractivity (Wildman–Crippen MR) is 164 cm³/mol. The molecule has 2 aromatic rings. The van der Waals surface area contributed by atoms with Gasteiger partial charge in [0.05, 0.1) is 11.8 Å². The van der Waals surface area contributed by atoms with Gasteiger partial charge in [-0.15, -0.1) is 0 Å². The van der Waals surface area contributed by atoms with Crippen LogP contribution in [0, 0.1) is 11.6 Å². The van der Waals surface area contributed by atoms with Crippen LogP contribution < -0.4 is 15.5 Å². The molecule has 19 heteroatoms. The van der Waals surface area contributed by atoms with Gasteiger partial charge in [-0.05, 0) is 46.6 Å². The van der Waals surface area contributed by atoms with Gasteiger partial charge < -0.3 is 43.6 Å². The van der Waals surface area contributed by atoms with Gasteiger partial charge in [-0.25, -0.2) is 18.1 Å². The third-order valence-corrected chi connectivity index (χ3v) is 9.36. The lowest BCUT2D eigenvalue weighted by atomic mass is 9.84. The largest absolute Gasteiger partial charge is 0.511 e. The third kappa shape index (κ3) is 7.61. The van der Waals surface area contributed by atoms with Gasteiger partial charge >= 0.3 is 14.0 Å². The highest BCUT2D eigenvalue weighted by Crippen LogP contribution is 2.46. The molecule has 1 aromatic carbocycles. The molecule has 5 rings (SSSR count). The first-order valence-electron chi connectivity index (χ1n) is 15.2. The van der Waals surface area contributed by atoms with Gasteiger partial charge in [0.1, 0.15) is 29.4 Å². The zero-order chi connectivity index (χ0) is 35.8. The number of halogens is 2. The Labute approximate surface area is 278 Å². The Morgan fingerprint density at radius 1 is 1.22 bits per heavy atom. The lowest BCUT2D eigenvalue weighted by Crippen LogP contribution is -2.52. The van der Waals surface area contributed by atoms with Crippen LogP contribution in [0.5, 0.6) is 5.75 Å². The van der Waals surface area contributed by atoms with Crippen LogP contribution >= 0.6 is 7.82 Å². The van der Waals surface area contributed by atoms with Gasteiger partial charge in [0.2, 0.25) is 18.0 Å². The molecular formula is C30H35F2N4O12P. The number of amides is 2. The second-order valence-electron chi connectivity index (χ2n) is 12.2. The summed E-state index contributed by atoms with van der Waals surface area (Å²) in [6.07, 6.45) is -1.17. The van der Waals surface area contributed by atoms with Gasteiger partial charge in [0, 0.05) is 43.4 Å². The van der Waals surface area contributed by atoms with Crippen molar-refractivity contribution in [3.8, 4) is 5.75 Å². The quantitative estimate of drug-likeness (QED) is 0.185. The van der Waals surface area contributed by atoms with E-state index in [4.69, 9.17) is 28.8 Å². The van der Waals surface area contributed by atoms with Crippen LogP contribution in [0.3, 0.4) is 0 Å². The maximum Gasteiger partial charge on any atom is 0.511 e. The van der Waals surface area contributed by atoms with Gasteiger partial charge in [-0.2, -0.15) is 0 Å². The summed E-state index contributed by atoms with van der Waals surface area (Å²) < 4.78 is 60.2. The van der Waals surface area contributed by atoms with Crippen LogP contribution in [0.2, 0.25) is 0 Å². The molecule has 0 radical (unpaired) electrons. The minimum absolute atomic E-state index is 0.0551. The molecule has 1 spiro atoms. The predicted octanol–water partition coefficient (Wildman–Crippen LogP) is 3.15. The Hall–Kier alpha value is -4.38. The summed E-state index contributed by atoms with van der Waals surface area (Å²) in [6, 6.07) is 1.86. The fourth-order valence-electron chi connectivity index (χ4n) is 6.06. The monoisotopic (exact) mass is 712 g/mol. The molecule has 266 valence electrons. The fourth-order valence-corrected chi connectivity index (χ4v) is 6.67. The summed E-state index contributed by atoms with van der Waals surface area (Å²) in [5, 5.41) is 6.60. The van der Waals surface area contributed by atoms with Crippen molar-refractivity contribution < 1.29 is 61.1 Å². The number of carbonyl (C=O) groups excluding carboxylic acids is 3. The highest BCUT2D eigenvalue weighted by atomic mass is 31.2. The zero-order valence-electron chi connectivity index (χ0n) is 26.9. The number of fused-ring (bicyclic) bond motifs is 5. The number of hydrogen-bond acceptors (Lipinski definition) is 11. The number of aromatic nitrogens is 1. The molecule has 4 heterocycles. The summed E-state index contributed by atoms with van der Waals surface area (Å²) in [4.78, 5) is 79.2. The molecule has 3 aliphatic heterocycles. The number of ether oxygens (including phenoxy) is 3. The number of pyridine rings is 1. The van der Waals surface area contributed by atoms with E-state index < -0.39 is 91.4 Å². The molecule has 3 N–H and O–H groups in total. The average molecular weight is 713 g/mol. The van der Waals surface area contributed by atoms with Crippen molar-refractivity contribution in [2.45, 2.75) is 83.4 Å². The van der Waals surface area contributed by atoms with E-state index in [0.717, 1.165) is 12.1 Å². The van der Waals surface area contributed by atoms with Crippen LogP contribution in [-0.2, 0) is 29.9 Å². The van der Waals surface area contributed by atoms with E-state index in [-0.39, 0.29) is 23.8 Å². The first kappa shape index (κ1) is 35.9. The zero-order valence-corrected chi connectivity index (χ0v) is 27.8. The maximum absolute atomic E-state index is 14.3. The summed E-state index contributed by atoms with van der Waals surface area (Å²) >= 11 is 0. The van der Waals surface area contributed by atoms with E-state index in [1.54, 1.807) is 11.8 Å². The number of carbonyl (C=O) groups is 3. The maximum atomic E-state index is 14.3. The first-order chi connectivity index (χ1) is 23.0. The van der Waals surface area contributed by atoms with Crippen LogP contribution in [0.1, 0.15) is 79.4 Å². The van der Waals surface area contributed by atoms with Crippen molar-refractivity contribution in [2.24, 2.45) is 5.16 Å². The van der Waals surface area contributed by atoms with Gasteiger partial charge in [0.15, 0.2) is 11.3 Å². The van der Waals surface area contributed by atoms with E-state index in [9.17, 15) is 32.5 Å². The molecule has 0 unspecified atom stereocenters. The lowest BCUT2D eigenvalue weighted by Gasteiger charge is -2.42. The van der Waals surface area contributed by atoms with Gasteiger partial charge in [0.25, 0.3) is 11.8 Å². The summed E-state index contributed by atoms with van der Waals surface area (Å²) in [5.41, 5.74) is -2.07. The van der Waals surface area contributed by atoms with Crippen molar-refractivity contribution >= 4 is 31.5 Å². The van der Waals surface area contributed by atoms with Crippen molar-refractivity contribution in [1.29, 1.82) is 0 Å². The van der Waals surface area contributed by atoms with E-state index in [1.165, 1.54) is 24.6 Å². The smallest absolute Gasteiger partial charge is 0.451 e. The molecule has 2 bridgehead atoms. The fraction of sp³-hybridized carbons (Fsp3) is 0.500. The number of nitrogens with one attached hydrogen (secondary N) is 1. The highest BCUT2D eigenvalue weighted by Gasteiger charge is 2.54. The molecule has 16 nitrogen and oxygen atoms in total. The van der Waals surface area contributed by atoms with Crippen molar-refractivity contribution in [2.75, 3.05) is 13.3 Å². The Morgan fingerprint density at radius 3 is 2.61 bits per heavy atom. The van der Waals surface area contributed by atoms with Crippen LogP contribution in [0.15, 0.2) is 34.3 Å². The van der Waals surface area contributed by atoms with Crippen LogP contribution in [-0.4, -0.2) is 80.1 Å². The summed E-state index contributed by atoms with van der Waals surface area (Å²) in [5.74, 6) is -3.91. The van der Waals surface area contributed by atoms with Gasteiger partial charge in [-0.3, -0.25) is 18.9 Å². The lowest BCUT2D eigenvalue weighted by molar-refractivity contribution is -0.0659. The van der Waals surface area contributed by atoms with E-state index in [0.29, 0.717) is 31.0 Å². The Kier molecular flexibility index (Phi) is 10.2. The first-order valence-corrected chi connectivity index (χ1v) is 16.8. The number of phosphoric acid groups is 1. The second-order valence-corrected chi connectivity index (χ2v) is 13.4. The van der Waals surface area contributed by atoms with Crippen molar-refractivity contribution in [3.05, 3.63) is 63.1 Å². The van der Waals surface area contributed by atoms with Crippen molar-refractivity contribution in [3.63, 3.8) is 0 Å². The second kappa shape index (κ2) is 13.9. The third-order valence-electron chi connectivity index (χ3n) is 8.75. The molecule has 2 amide bonds.